The number of hydrogen-bond acceptors (Lipinski definition) is 2. The van der Waals surface area contributed by atoms with Gasteiger partial charge in [-0.15, -0.1) is 0 Å². The first-order chi connectivity index (χ1) is 8.70. The van der Waals surface area contributed by atoms with E-state index in [0.29, 0.717) is 11.3 Å². The van der Waals surface area contributed by atoms with Crippen LogP contribution in [0.1, 0.15) is 24.1 Å². The van der Waals surface area contributed by atoms with Crippen molar-refractivity contribution < 1.29 is 4.39 Å². The quantitative estimate of drug-likeness (QED) is 0.884. The first-order valence-corrected chi connectivity index (χ1v) is 5.72. The van der Waals surface area contributed by atoms with Gasteiger partial charge in [0.15, 0.2) is 0 Å². The molecule has 0 radical (unpaired) electrons. The number of nitriles is 1. The standard InChI is InChI=1S/C15H13FN2/c1-11(12-5-3-2-4-6-12)18-15-8-7-14(16)9-13(15)10-17/h2-9,11,18H,1H3/t11-/m1/s1. The molecule has 1 atom stereocenters. The van der Waals surface area contributed by atoms with Gasteiger partial charge in [-0.25, -0.2) is 4.39 Å². The lowest BCUT2D eigenvalue weighted by Crippen LogP contribution is -2.07. The second-order valence-corrected chi connectivity index (χ2v) is 4.08. The molecule has 2 aromatic rings. The number of nitrogens with one attached hydrogen (secondary N) is 1. The SMILES string of the molecule is C[C@@H](Nc1ccc(F)cc1C#N)c1ccccc1. The number of halogens is 1. The van der Waals surface area contributed by atoms with Gasteiger partial charge in [0, 0.05) is 6.04 Å². The zero-order chi connectivity index (χ0) is 13.0. The molecule has 0 saturated heterocycles. The summed E-state index contributed by atoms with van der Waals surface area (Å²) in [6.07, 6.45) is 0. The third kappa shape index (κ3) is 2.67. The predicted molar refractivity (Wildman–Crippen MR) is 69.6 cm³/mol. The molecule has 2 nitrogen and oxygen atoms in total. The van der Waals surface area contributed by atoms with Crippen LogP contribution in [0.3, 0.4) is 0 Å². The second kappa shape index (κ2) is 5.33. The molecule has 0 spiro atoms. The molecule has 3 heteroatoms. The van der Waals surface area contributed by atoms with Gasteiger partial charge in [0.1, 0.15) is 11.9 Å². The minimum absolute atomic E-state index is 0.0590. The molecule has 90 valence electrons. The van der Waals surface area contributed by atoms with Crippen molar-refractivity contribution in [3.8, 4) is 6.07 Å². The molecule has 2 rings (SSSR count). The fraction of sp³-hybridized carbons (Fsp3) is 0.133. The highest BCUT2D eigenvalue weighted by molar-refractivity contribution is 5.58. The van der Waals surface area contributed by atoms with Crippen LogP contribution in [0.15, 0.2) is 48.5 Å². The number of anilines is 1. The van der Waals surface area contributed by atoms with Gasteiger partial charge in [0.2, 0.25) is 0 Å². The van der Waals surface area contributed by atoms with Crippen molar-refractivity contribution in [2.75, 3.05) is 5.32 Å². The van der Waals surface area contributed by atoms with E-state index in [2.05, 4.69) is 5.32 Å². The monoisotopic (exact) mass is 240 g/mol. The Morgan fingerprint density at radius 3 is 2.56 bits per heavy atom. The van der Waals surface area contributed by atoms with E-state index in [1.807, 2.05) is 43.3 Å². The van der Waals surface area contributed by atoms with Gasteiger partial charge >= 0.3 is 0 Å². The first kappa shape index (κ1) is 12.1. The molecule has 0 aliphatic heterocycles. The first-order valence-electron chi connectivity index (χ1n) is 5.72. The van der Waals surface area contributed by atoms with Crippen molar-refractivity contribution in [3.05, 3.63) is 65.5 Å². The van der Waals surface area contributed by atoms with Crippen molar-refractivity contribution in [2.45, 2.75) is 13.0 Å². The van der Waals surface area contributed by atoms with Crippen molar-refractivity contribution in [1.82, 2.24) is 0 Å². The molecule has 0 aliphatic rings. The molecular weight excluding hydrogens is 227 g/mol. The maximum atomic E-state index is 13.0. The molecule has 0 heterocycles. The van der Waals surface area contributed by atoms with E-state index in [-0.39, 0.29) is 6.04 Å². The van der Waals surface area contributed by atoms with E-state index in [4.69, 9.17) is 5.26 Å². The zero-order valence-electron chi connectivity index (χ0n) is 10.0. The van der Waals surface area contributed by atoms with E-state index in [9.17, 15) is 4.39 Å². The summed E-state index contributed by atoms with van der Waals surface area (Å²) in [6, 6.07) is 16.1. The number of nitrogens with zero attached hydrogens (tertiary/aromatic N) is 1. The van der Waals surface area contributed by atoms with Crippen molar-refractivity contribution in [2.24, 2.45) is 0 Å². The summed E-state index contributed by atoms with van der Waals surface area (Å²) in [5.41, 5.74) is 2.08. The summed E-state index contributed by atoms with van der Waals surface area (Å²) in [6.45, 7) is 2.00. The molecule has 0 fully saturated rings. The highest BCUT2D eigenvalue weighted by Gasteiger charge is 2.08. The topological polar surface area (TPSA) is 35.8 Å². The minimum atomic E-state index is -0.399. The zero-order valence-corrected chi connectivity index (χ0v) is 10.0. The van der Waals surface area contributed by atoms with E-state index < -0.39 is 5.82 Å². The maximum absolute atomic E-state index is 13.0. The van der Waals surface area contributed by atoms with Crippen molar-refractivity contribution >= 4 is 5.69 Å². The van der Waals surface area contributed by atoms with Crippen LogP contribution in [-0.2, 0) is 0 Å². The fourth-order valence-corrected chi connectivity index (χ4v) is 1.79. The Morgan fingerprint density at radius 1 is 1.17 bits per heavy atom. The molecule has 0 aliphatic carbocycles. The van der Waals surface area contributed by atoms with E-state index in [1.165, 1.54) is 12.1 Å². The normalized spacial score (nSPS) is 11.6. The smallest absolute Gasteiger partial charge is 0.124 e. The van der Waals surface area contributed by atoms with Crippen LogP contribution in [0.5, 0.6) is 0 Å². The summed E-state index contributed by atoms with van der Waals surface area (Å²) < 4.78 is 13.0. The summed E-state index contributed by atoms with van der Waals surface area (Å²) in [4.78, 5) is 0. The van der Waals surface area contributed by atoms with Crippen LogP contribution in [-0.4, -0.2) is 0 Å². The fourth-order valence-electron chi connectivity index (χ4n) is 1.79. The van der Waals surface area contributed by atoms with Gasteiger partial charge in [-0.1, -0.05) is 30.3 Å². The molecular formula is C15H13FN2. The maximum Gasteiger partial charge on any atom is 0.124 e. The highest BCUT2D eigenvalue weighted by Crippen LogP contribution is 2.22. The van der Waals surface area contributed by atoms with Crippen LogP contribution >= 0.6 is 0 Å². The van der Waals surface area contributed by atoms with Crippen LogP contribution in [0.25, 0.3) is 0 Å². The lowest BCUT2D eigenvalue weighted by atomic mass is 10.1. The third-order valence-corrected chi connectivity index (χ3v) is 2.77. The Morgan fingerprint density at radius 2 is 1.89 bits per heavy atom. The molecule has 18 heavy (non-hydrogen) atoms. The van der Waals surface area contributed by atoms with Crippen molar-refractivity contribution in [1.29, 1.82) is 5.26 Å². The Kier molecular flexibility index (Phi) is 3.59. The van der Waals surface area contributed by atoms with Crippen LogP contribution in [0, 0.1) is 17.1 Å². The Labute approximate surface area is 106 Å². The largest absolute Gasteiger partial charge is 0.377 e. The Balaban J connectivity index is 2.22. The Bertz CT molecular complexity index is 573. The molecule has 0 amide bonds. The Hall–Kier alpha value is -2.34. The van der Waals surface area contributed by atoms with Gasteiger partial charge in [-0.2, -0.15) is 5.26 Å². The van der Waals surface area contributed by atoms with E-state index in [1.54, 1.807) is 6.07 Å². The van der Waals surface area contributed by atoms with Gasteiger partial charge in [0.25, 0.3) is 0 Å². The van der Waals surface area contributed by atoms with E-state index in [0.717, 1.165) is 5.56 Å². The molecule has 0 unspecified atom stereocenters. The van der Waals surface area contributed by atoms with Crippen LogP contribution in [0.2, 0.25) is 0 Å². The lowest BCUT2D eigenvalue weighted by Gasteiger charge is -2.16. The third-order valence-electron chi connectivity index (χ3n) is 2.77. The predicted octanol–water partition coefficient (Wildman–Crippen LogP) is 3.87. The average Bonchev–Trinajstić information content (AvgIpc) is 2.41. The number of rotatable bonds is 3. The average molecular weight is 240 g/mol. The summed E-state index contributed by atoms with van der Waals surface area (Å²) in [7, 11) is 0. The number of benzene rings is 2. The lowest BCUT2D eigenvalue weighted by molar-refractivity contribution is 0.627. The molecule has 2 aromatic carbocycles. The highest BCUT2D eigenvalue weighted by atomic mass is 19.1. The molecule has 1 N–H and O–H groups in total. The van der Waals surface area contributed by atoms with Gasteiger partial charge < -0.3 is 5.32 Å². The minimum Gasteiger partial charge on any atom is -0.377 e. The summed E-state index contributed by atoms with van der Waals surface area (Å²) in [5, 5.41) is 12.2. The molecule has 0 bridgehead atoms. The van der Waals surface area contributed by atoms with Gasteiger partial charge in [-0.05, 0) is 30.7 Å². The summed E-state index contributed by atoms with van der Waals surface area (Å²) >= 11 is 0. The summed E-state index contributed by atoms with van der Waals surface area (Å²) in [5.74, 6) is -0.399. The van der Waals surface area contributed by atoms with Crippen LogP contribution < -0.4 is 5.32 Å². The number of hydrogen-bond donors (Lipinski definition) is 1. The van der Waals surface area contributed by atoms with Gasteiger partial charge in [-0.3, -0.25) is 0 Å². The molecule has 0 saturated carbocycles. The van der Waals surface area contributed by atoms with Crippen molar-refractivity contribution in [3.63, 3.8) is 0 Å². The molecule has 0 aromatic heterocycles. The second-order valence-electron chi connectivity index (χ2n) is 4.08. The van der Waals surface area contributed by atoms with Gasteiger partial charge in [0.05, 0.1) is 11.3 Å². The van der Waals surface area contributed by atoms with Crippen LogP contribution in [0.4, 0.5) is 10.1 Å². The van der Waals surface area contributed by atoms with E-state index >= 15 is 0 Å².